The molecular formula is C15H21N7O. The highest BCUT2D eigenvalue weighted by Crippen LogP contribution is 2.16. The Morgan fingerprint density at radius 1 is 1.26 bits per heavy atom. The van der Waals surface area contributed by atoms with E-state index in [1.807, 2.05) is 24.6 Å². The third-order valence-corrected chi connectivity index (χ3v) is 3.86. The summed E-state index contributed by atoms with van der Waals surface area (Å²) in [4.78, 5) is 8.48. The maximum Gasteiger partial charge on any atom is 0.254 e. The number of ether oxygens (including phenoxy) is 1. The highest BCUT2D eigenvalue weighted by Gasteiger charge is 2.12. The van der Waals surface area contributed by atoms with Gasteiger partial charge in [-0.3, -0.25) is 4.68 Å². The first-order valence-corrected chi connectivity index (χ1v) is 7.53. The molecule has 122 valence electrons. The van der Waals surface area contributed by atoms with E-state index in [0.717, 1.165) is 29.4 Å². The topological polar surface area (TPSA) is 82.2 Å². The number of hydrogen-bond donors (Lipinski definition) is 1. The molecule has 8 nitrogen and oxygen atoms in total. The van der Waals surface area contributed by atoms with Gasteiger partial charge < -0.3 is 10.1 Å². The molecule has 1 N–H and O–H groups in total. The normalized spacial score (nSPS) is 11.3. The van der Waals surface area contributed by atoms with Crippen molar-refractivity contribution in [3.63, 3.8) is 0 Å². The third kappa shape index (κ3) is 3.02. The summed E-state index contributed by atoms with van der Waals surface area (Å²) in [5.74, 6) is 1.46. The van der Waals surface area contributed by atoms with Crippen LogP contribution in [0.3, 0.4) is 0 Å². The van der Waals surface area contributed by atoms with Crippen molar-refractivity contribution in [1.29, 1.82) is 0 Å². The van der Waals surface area contributed by atoms with Crippen molar-refractivity contribution >= 4 is 11.6 Å². The summed E-state index contributed by atoms with van der Waals surface area (Å²) >= 11 is 0. The molecule has 0 spiro atoms. The van der Waals surface area contributed by atoms with Gasteiger partial charge in [-0.15, -0.1) is 0 Å². The summed E-state index contributed by atoms with van der Waals surface area (Å²) in [6.07, 6.45) is 1.51. The van der Waals surface area contributed by atoms with Crippen LogP contribution in [-0.2, 0) is 17.8 Å². The van der Waals surface area contributed by atoms with Gasteiger partial charge in [0.25, 0.3) is 5.78 Å². The molecule has 0 bridgehead atoms. The fourth-order valence-electron chi connectivity index (χ4n) is 2.62. The molecule has 0 amide bonds. The van der Waals surface area contributed by atoms with Crippen LogP contribution in [0, 0.1) is 20.8 Å². The van der Waals surface area contributed by atoms with Crippen molar-refractivity contribution in [3.8, 4) is 0 Å². The van der Waals surface area contributed by atoms with Gasteiger partial charge in [0.1, 0.15) is 12.1 Å². The SMILES string of the molecule is COCCn1nc(C)c(CNc2cc(C)nc3ncnn23)c1C. The minimum Gasteiger partial charge on any atom is -0.383 e. The Hall–Kier alpha value is -2.48. The fourth-order valence-corrected chi connectivity index (χ4v) is 2.62. The lowest BCUT2D eigenvalue weighted by Gasteiger charge is -2.09. The number of methoxy groups -OCH3 is 1. The fraction of sp³-hybridized carbons (Fsp3) is 0.467. The van der Waals surface area contributed by atoms with Crippen molar-refractivity contribution in [2.45, 2.75) is 33.9 Å². The number of fused-ring (bicyclic) bond motifs is 1. The van der Waals surface area contributed by atoms with Gasteiger partial charge in [-0.25, -0.2) is 4.98 Å². The monoisotopic (exact) mass is 315 g/mol. The number of rotatable bonds is 6. The van der Waals surface area contributed by atoms with Crippen LogP contribution in [0.15, 0.2) is 12.4 Å². The highest BCUT2D eigenvalue weighted by atomic mass is 16.5. The molecule has 3 heterocycles. The summed E-state index contributed by atoms with van der Waals surface area (Å²) in [5.41, 5.74) is 4.25. The average Bonchev–Trinajstić information content (AvgIpc) is 3.08. The van der Waals surface area contributed by atoms with E-state index in [2.05, 4.69) is 32.4 Å². The summed E-state index contributed by atoms with van der Waals surface area (Å²) in [6, 6.07) is 1.96. The van der Waals surface area contributed by atoms with E-state index in [0.29, 0.717) is 18.9 Å². The van der Waals surface area contributed by atoms with E-state index >= 15 is 0 Å². The summed E-state index contributed by atoms with van der Waals surface area (Å²) in [5, 5.41) is 12.2. The van der Waals surface area contributed by atoms with Crippen molar-refractivity contribution in [2.24, 2.45) is 0 Å². The summed E-state index contributed by atoms with van der Waals surface area (Å²) in [7, 11) is 1.70. The Morgan fingerprint density at radius 2 is 2.09 bits per heavy atom. The second-order valence-electron chi connectivity index (χ2n) is 5.47. The molecule has 0 fully saturated rings. The zero-order chi connectivity index (χ0) is 16.4. The molecule has 0 aliphatic rings. The number of nitrogens with zero attached hydrogens (tertiary/aromatic N) is 6. The lowest BCUT2D eigenvalue weighted by molar-refractivity contribution is 0.182. The molecule has 3 aromatic rings. The second-order valence-corrected chi connectivity index (χ2v) is 5.47. The quantitative estimate of drug-likeness (QED) is 0.742. The Morgan fingerprint density at radius 3 is 2.87 bits per heavy atom. The summed E-state index contributed by atoms with van der Waals surface area (Å²) < 4.78 is 8.82. The van der Waals surface area contributed by atoms with Gasteiger partial charge in [-0.05, 0) is 20.8 Å². The van der Waals surface area contributed by atoms with Gasteiger partial charge in [0.2, 0.25) is 0 Å². The lowest BCUT2D eigenvalue weighted by Crippen LogP contribution is -2.10. The van der Waals surface area contributed by atoms with Crippen LogP contribution < -0.4 is 5.32 Å². The van der Waals surface area contributed by atoms with Crippen LogP contribution in [0.25, 0.3) is 5.78 Å². The van der Waals surface area contributed by atoms with Gasteiger partial charge in [0.15, 0.2) is 0 Å². The molecule has 0 aliphatic heterocycles. The van der Waals surface area contributed by atoms with E-state index in [4.69, 9.17) is 4.74 Å². The van der Waals surface area contributed by atoms with Crippen LogP contribution in [-0.4, -0.2) is 43.1 Å². The van der Waals surface area contributed by atoms with E-state index in [1.165, 1.54) is 11.9 Å². The van der Waals surface area contributed by atoms with Crippen molar-refractivity contribution < 1.29 is 4.74 Å². The Kier molecular flexibility index (Phi) is 4.24. The zero-order valence-electron chi connectivity index (χ0n) is 13.9. The predicted octanol–water partition coefficient (Wildman–Crippen LogP) is 1.50. The predicted molar refractivity (Wildman–Crippen MR) is 86.4 cm³/mol. The highest BCUT2D eigenvalue weighted by molar-refractivity contribution is 5.45. The number of nitrogens with one attached hydrogen (secondary N) is 1. The molecule has 0 atom stereocenters. The molecular weight excluding hydrogens is 294 g/mol. The number of hydrogen-bond acceptors (Lipinski definition) is 6. The maximum atomic E-state index is 5.13. The van der Waals surface area contributed by atoms with Gasteiger partial charge in [0.05, 0.1) is 18.8 Å². The van der Waals surface area contributed by atoms with Gasteiger partial charge >= 0.3 is 0 Å². The van der Waals surface area contributed by atoms with Crippen molar-refractivity contribution in [1.82, 2.24) is 29.4 Å². The maximum absolute atomic E-state index is 5.13. The van der Waals surface area contributed by atoms with Crippen LogP contribution in [0.5, 0.6) is 0 Å². The van der Waals surface area contributed by atoms with Crippen LogP contribution >= 0.6 is 0 Å². The molecule has 0 unspecified atom stereocenters. The minimum absolute atomic E-state index is 0.594. The Labute approximate surface area is 134 Å². The average molecular weight is 315 g/mol. The third-order valence-electron chi connectivity index (χ3n) is 3.86. The first-order valence-electron chi connectivity index (χ1n) is 7.53. The van der Waals surface area contributed by atoms with Gasteiger partial charge in [0, 0.05) is 36.7 Å². The molecule has 3 aromatic heterocycles. The van der Waals surface area contributed by atoms with Crippen molar-refractivity contribution in [3.05, 3.63) is 35.0 Å². The first kappa shape index (κ1) is 15.4. The van der Waals surface area contributed by atoms with Crippen LogP contribution in [0.4, 0.5) is 5.82 Å². The van der Waals surface area contributed by atoms with Crippen molar-refractivity contribution in [2.75, 3.05) is 19.0 Å². The van der Waals surface area contributed by atoms with E-state index in [9.17, 15) is 0 Å². The lowest BCUT2D eigenvalue weighted by atomic mass is 10.2. The minimum atomic E-state index is 0.594. The van der Waals surface area contributed by atoms with Gasteiger partial charge in [-0.1, -0.05) is 0 Å². The molecule has 23 heavy (non-hydrogen) atoms. The second kappa shape index (κ2) is 6.33. The smallest absolute Gasteiger partial charge is 0.254 e. The molecule has 0 saturated carbocycles. The molecule has 8 heteroatoms. The van der Waals surface area contributed by atoms with E-state index < -0.39 is 0 Å². The van der Waals surface area contributed by atoms with Crippen LogP contribution in [0.1, 0.15) is 22.6 Å². The Balaban J connectivity index is 1.82. The molecule has 0 saturated heterocycles. The number of aromatic nitrogens is 6. The first-order chi connectivity index (χ1) is 11.1. The molecule has 3 rings (SSSR count). The summed E-state index contributed by atoms with van der Waals surface area (Å²) in [6.45, 7) is 8.12. The van der Waals surface area contributed by atoms with Gasteiger partial charge in [-0.2, -0.15) is 19.7 Å². The Bertz CT molecular complexity index is 821. The number of aryl methyl sites for hydroxylation is 2. The zero-order valence-corrected chi connectivity index (χ0v) is 13.9. The van der Waals surface area contributed by atoms with Crippen LogP contribution in [0.2, 0.25) is 0 Å². The molecule has 0 radical (unpaired) electrons. The number of anilines is 1. The van der Waals surface area contributed by atoms with E-state index in [1.54, 1.807) is 11.6 Å². The molecule has 0 aliphatic carbocycles. The van der Waals surface area contributed by atoms with E-state index in [-0.39, 0.29) is 0 Å². The largest absolute Gasteiger partial charge is 0.383 e. The molecule has 0 aromatic carbocycles. The standard InChI is InChI=1S/C15H21N7O/c1-10-7-14(22-15(19-10)17-9-18-22)16-8-13-11(2)20-21(12(13)3)5-6-23-4/h7,9,16H,5-6,8H2,1-4H3.